The van der Waals surface area contributed by atoms with Crippen LogP contribution in [0.3, 0.4) is 0 Å². The second-order valence-corrected chi connectivity index (χ2v) is 10.0. The number of carbonyl (C=O) groups is 2. The molecule has 0 fully saturated rings. The SMILES string of the molecule is CC(C(=O)c1ccc(Cl)cc1)c1ccc(Cl)cc1.CC(C(=O)c1ccc(Cl)cc1)c1ccc(Cl)cc1. The number of rotatable bonds is 6. The summed E-state index contributed by atoms with van der Waals surface area (Å²) < 4.78 is 0. The molecule has 2 atom stereocenters. The Morgan fingerprint density at radius 3 is 0.917 bits per heavy atom. The average molecular weight is 558 g/mol. The Labute approximate surface area is 231 Å². The van der Waals surface area contributed by atoms with Crippen LogP contribution in [0.5, 0.6) is 0 Å². The molecule has 184 valence electrons. The fraction of sp³-hybridized carbons (Fsp3) is 0.133. The lowest BCUT2D eigenvalue weighted by atomic mass is 9.92. The van der Waals surface area contributed by atoms with Gasteiger partial charge in [-0.15, -0.1) is 0 Å². The van der Waals surface area contributed by atoms with Crippen molar-refractivity contribution in [1.82, 2.24) is 0 Å². The van der Waals surface area contributed by atoms with E-state index < -0.39 is 0 Å². The molecule has 4 aromatic carbocycles. The molecule has 2 nitrogen and oxygen atoms in total. The molecule has 0 radical (unpaired) electrons. The highest BCUT2D eigenvalue weighted by molar-refractivity contribution is 6.31. The standard InChI is InChI=1S/2C15H12Cl2O/c2*1-10(11-2-6-13(16)7-3-11)15(18)12-4-8-14(17)9-5-12/h2*2-10H,1H3. The number of hydrogen-bond acceptors (Lipinski definition) is 2. The molecule has 0 spiro atoms. The first-order valence-corrected chi connectivity index (χ1v) is 12.8. The predicted molar refractivity (Wildman–Crippen MR) is 151 cm³/mol. The topological polar surface area (TPSA) is 34.1 Å². The molecule has 0 N–H and O–H groups in total. The summed E-state index contributed by atoms with van der Waals surface area (Å²) in [6.07, 6.45) is 0. The van der Waals surface area contributed by atoms with Crippen molar-refractivity contribution in [2.75, 3.05) is 0 Å². The van der Waals surface area contributed by atoms with Crippen molar-refractivity contribution in [2.45, 2.75) is 25.7 Å². The maximum absolute atomic E-state index is 12.3. The molecule has 0 amide bonds. The molecule has 6 heteroatoms. The van der Waals surface area contributed by atoms with Crippen LogP contribution in [0.4, 0.5) is 0 Å². The van der Waals surface area contributed by atoms with Crippen molar-refractivity contribution in [2.24, 2.45) is 0 Å². The van der Waals surface area contributed by atoms with Crippen molar-refractivity contribution in [3.63, 3.8) is 0 Å². The summed E-state index contributed by atoms with van der Waals surface area (Å²) in [5, 5.41) is 2.60. The van der Waals surface area contributed by atoms with Gasteiger partial charge in [0.1, 0.15) is 0 Å². The third kappa shape index (κ3) is 7.69. The van der Waals surface area contributed by atoms with Gasteiger partial charge in [0.15, 0.2) is 11.6 Å². The largest absolute Gasteiger partial charge is 0.294 e. The second-order valence-electron chi connectivity index (χ2n) is 8.29. The zero-order valence-corrected chi connectivity index (χ0v) is 22.7. The van der Waals surface area contributed by atoms with Crippen LogP contribution in [0.25, 0.3) is 0 Å². The number of ketones is 2. The van der Waals surface area contributed by atoms with Gasteiger partial charge in [-0.3, -0.25) is 9.59 Å². The van der Waals surface area contributed by atoms with E-state index in [1.807, 2.05) is 38.1 Å². The minimum Gasteiger partial charge on any atom is -0.294 e. The van der Waals surface area contributed by atoms with E-state index in [0.717, 1.165) is 11.1 Å². The number of carbonyl (C=O) groups excluding carboxylic acids is 2. The van der Waals surface area contributed by atoms with Gasteiger partial charge in [0.2, 0.25) is 0 Å². The molecule has 0 aromatic heterocycles. The first kappa shape index (κ1) is 28.0. The van der Waals surface area contributed by atoms with Gasteiger partial charge in [-0.2, -0.15) is 0 Å². The molecule has 0 aliphatic rings. The summed E-state index contributed by atoms with van der Waals surface area (Å²) in [4.78, 5) is 24.5. The highest BCUT2D eigenvalue weighted by Crippen LogP contribution is 2.24. The smallest absolute Gasteiger partial charge is 0.170 e. The normalized spacial score (nSPS) is 12.2. The van der Waals surface area contributed by atoms with Gasteiger partial charge in [0.05, 0.1) is 0 Å². The summed E-state index contributed by atoms with van der Waals surface area (Å²) >= 11 is 23.3. The average Bonchev–Trinajstić information content (AvgIpc) is 2.89. The molecular weight excluding hydrogens is 534 g/mol. The van der Waals surface area contributed by atoms with Gasteiger partial charge < -0.3 is 0 Å². The van der Waals surface area contributed by atoms with Crippen LogP contribution in [-0.2, 0) is 0 Å². The lowest BCUT2D eigenvalue weighted by Crippen LogP contribution is -2.09. The maximum atomic E-state index is 12.3. The first-order chi connectivity index (χ1) is 17.2. The van der Waals surface area contributed by atoms with E-state index in [2.05, 4.69) is 0 Å². The van der Waals surface area contributed by atoms with E-state index in [9.17, 15) is 9.59 Å². The number of benzene rings is 4. The number of halogens is 4. The van der Waals surface area contributed by atoms with E-state index in [1.165, 1.54) is 0 Å². The fourth-order valence-electron chi connectivity index (χ4n) is 3.53. The van der Waals surface area contributed by atoms with Crippen LogP contribution in [0, 0.1) is 0 Å². The molecule has 4 aromatic rings. The fourth-order valence-corrected chi connectivity index (χ4v) is 4.04. The van der Waals surface area contributed by atoms with Crippen molar-refractivity contribution < 1.29 is 9.59 Å². The highest BCUT2D eigenvalue weighted by Gasteiger charge is 2.18. The minimum atomic E-state index is -0.191. The Hall–Kier alpha value is -2.62. The summed E-state index contributed by atoms with van der Waals surface area (Å²) in [6, 6.07) is 28.6. The van der Waals surface area contributed by atoms with Crippen molar-refractivity contribution >= 4 is 58.0 Å². The van der Waals surface area contributed by atoms with Gasteiger partial charge in [-0.25, -0.2) is 0 Å². The molecule has 4 rings (SSSR count). The molecular formula is C30H24Cl4O2. The van der Waals surface area contributed by atoms with Crippen molar-refractivity contribution in [3.8, 4) is 0 Å². The summed E-state index contributed by atoms with van der Waals surface area (Å²) in [7, 11) is 0. The Morgan fingerprint density at radius 1 is 0.444 bits per heavy atom. The van der Waals surface area contributed by atoms with Gasteiger partial charge in [-0.05, 0) is 83.9 Å². The van der Waals surface area contributed by atoms with Crippen LogP contribution in [0.2, 0.25) is 20.1 Å². The van der Waals surface area contributed by atoms with E-state index in [0.29, 0.717) is 31.2 Å². The number of hydrogen-bond donors (Lipinski definition) is 0. The van der Waals surface area contributed by atoms with Crippen LogP contribution in [-0.4, -0.2) is 11.6 Å². The first-order valence-electron chi connectivity index (χ1n) is 11.3. The third-order valence-corrected chi connectivity index (χ3v) is 6.79. The van der Waals surface area contributed by atoms with E-state index in [1.54, 1.807) is 72.8 Å². The van der Waals surface area contributed by atoms with Crippen LogP contribution in [0.1, 0.15) is 57.5 Å². The van der Waals surface area contributed by atoms with Crippen LogP contribution < -0.4 is 0 Å². The Kier molecular flexibility index (Phi) is 10.2. The highest BCUT2D eigenvalue weighted by atomic mass is 35.5. The number of Topliss-reactive ketones (excluding diaryl/α,β-unsaturated/α-hetero) is 2. The van der Waals surface area contributed by atoms with Crippen molar-refractivity contribution in [1.29, 1.82) is 0 Å². The third-order valence-electron chi connectivity index (χ3n) is 5.78. The van der Waals surface area contributed by atoms with E-state index in [-0.39, 0.29) is 23.4 Å². The van der Waals surface area contributed by atoms with E-state index >= 15 is 0 Å². The van der Waals surface area contributed by atoms with Gasteiger partial charge in [-0.1, -0.05) is 84.5 Å². The Morgan fingerprint density at radius 2 is 0.667 bits per heavy atom. The zero-order chi connectivity index (χ0) is 26.2. The molecule has 0 bridgehead atoms. The molecule has 0 aliphatic carbocycles. The summed E-state index contributed by atoms with van der Waals surface area (Å²) in [6.45, 7) is 3.78. The van der Waals surface area contributed by atoms with Gasteiger partial charge >= 0.3 is 0 Å². The van der Waals surface area contributed by atoms with Crippen LogP contribution in [0.15, 0.2) is 97.1 Å². The summed E-state index contributed by atoms with van der Waals surface area (Å²) in [5.41, 5.74) is 3.25. The summed E-state index contributed by atoms with van der Waals surface area (Å²) in [5.74, 6) is -0.227. The monoisotopic (exact) mass is 556 g/mol. The lowest BCUT2D eigenvalue weighted by molar-refractivity contribution is 0.0958. The quantitative estimate of drug-likeness (QED) is 0.221. The minimum absolute atomic E-state index is 0.0778. The zero-order valence-electron chi connectivity index (χ0n) is 19.7. The molecule has 0 aliphatic heterocycles. The van der Waals surface area contributed by atoms with Crippen molar-refractivity contribution in [3.05, 3.63) is 139 Å². The predicted octanol–water partition coefficient (Wildman–Crippen LogP) is 9.96. The molecule has 0 saturated heterocycles. The molecule has 36 heavy (non-hydrogen) atoms. The van der Waals surface area contributed by atoms with Gasteiger partial charge in [0, 0.05) is 43.1 Å². The maximum Gasteiger partial charge on any atom is 0.170 e. The molecule has 0 saturated carbocycles. The second kappa shape index (κ2) is 13.1. The van der Waals surface area contributed by atoms with E-state index in [4.69, 9.17) is 46.4 Å². The molecule has 2 unspecified atom stereocenters. The molecule has 0 heterocycles. The van der Waals surface area contributed by atoms with Gasteiger partial charge in [0.25, 0.3) is 0 Å². The lowest BCUT2D eigenvalue weighted by Gasteiger charge is -2.11. The Balaban J connectivity index is 0.000000201. The van der Waals surface area contributed by atoms with Crippen LogP contribution >= 0.6 is 46.4 Å². The Bertz CT molecular complexity index is 1190.